The van der Waals surface area contributed by atoms with Gasteiger partial charge in [-0.15, -0.1) is 0 Å². The van der Waals surface area contributed by atoms with Crippen LogP contribution in [-0.2, 0) is 4.79 Å². The highest BCUT2D eigenvalue weighted by molar-refractivity contribution is 5.79. The molecule has 1 heterocycles. The fourth-order valence-electron chi connectivity index (χ4n) is 3.45. The highest BCUT2D eigenvalue weighted by Gasteiger charge is 2.38. The summed E-state index contributed by atoms with van der Waals surface area (Å²) < 4.78 is 0. The van der Waals surface area contributed by atoms with Gasteiger partial charge in [-0.2, -0.15) is 0 Å². The predicted molar refractivity (Wildman–Crippen MR) is 74.3 cm³/mol. The van der Waals surface area contributed by atoms with Crippen molar-refractivity contribution in [2.45, 2.75) is 58.9 Å². The quantitative estimate of drug-likeness (QED) is 0.792. The van der Waals surface area contributed by atoms with E-state index in [9.17, 15) is 4.79 Å². The van der Waals surface area contributed by atoms with E-state index in [0.717, 1.165) is 19.5 Å². The monoisotopic (exact) mass is 252 g/mol. The second-order valence-electron chi connectivity index (χ2n) is 6.87. The minimum Gasteiger partial charge on any atom is -0.352 e. The maximum absolute atomic E-state index is 12.5. The predicted octanol–water partition coefficient (Wildman–Crippen LogP) is 2.32. The average molecular weight is 252 g/mol. The summed E-state index contributed by atoms with van der Waals surface area (Å²) >= 11 is 0. The van der Waals surface area contributed by atoms with Crippen LogP contribution in [-0.4, -0.2) is 25.0 Å². The van der Waals surface area contributed by atoms with Gasteiger partial charge in [0.15, 0.2) is 0 Å². The first-order valence-corrected chi connectivity index (χ1v) is 7.52. The van der Waals surface area contributed by atoms with E-state index in [1.807, 2.05) is 0 Å². The molecule has 3 nitrogen and oxygen atoms in total. The first-order valence-electron chi connectivity index (χ1n) is 7.52. The summed E-state index contributed by atoms with van der Waals surface area (Å²) in [5.74, 6) is 1.10. The van der Waals surface area contributed by atoms with E-state index in [-0.39, 0.29) is 11.3 Å². The zero-order valence-electron chi connectivity index (χ0n) is 12.1. The Hall–Kier alpha value is -0.570. The largest absolute Gasteiger partial charge is 0.352 e. The molecule has 0 bridgehead atoms. The Morgan fingerprint density at radius 3 is 2.72 bits per heavy atom. The standard InChI is InChI=1S/C15H28N2O/c1-11-7-9-16-10-13(11)17-14(18)12-6-4-5-8-15(12,2)3/h11-13,16H,4-10H2,1-3H3,(H,17,18). The molecule has 0 aromatic rings. The number of carbonyl (C=O) groups excluding carboxylic acids is 1. The summed E-state index contributed by atoms with van der Waals surface area (Å²) in [7, 11) is 0. The Labute approximate surface area is 111 Å². The van der Waals surface area contributed by atoms with Gasteiger partial charge >= 0.3 is 0 Å². The van der Waals surface area contributed by atoms with Crippen molar-refractivity contribution in [3.8, 4) is 0 Å². The highest BCUT2D eigenvalue weighted by Crippen LogP contribution is 2.40. The highest BCUT2D eigenvalue weighted by atomic mass is 16.2. The Kier molecular flexibility index (Phi) is 4.31. The van der Waals surface area contributed by atoms with Crippen LogP contribution in [0, 0.1) is 17.3 Å². The van der Waals surface area contributed by atoms with E-state index in [1.54, 1.807) is 0 Å². The van der Waals surface area contributed by atoms with Gasteiger partial charge in [0.2, 0.25) is 5.91 Å². The lowest BCUT2D eigenvalue weighted by molar-refractivity contribution is -0.131. The van der Waals surface area contributed by atoms with Crippen LogP contribution < -0.4 is 10.6 Å². The van der Waals surface area contributed by atoms with Crippen molar-refractivity contribution in [3.63, 3.8) is 0 Å². The Morgan fingerprint density at radius 2 is 2.06 bits per heavy atom. The van der Waals surface area contributed by atoms with E-state index >= 15 is 0 Å². The topological polar surface area (TPSA) is 41.1 Å². The third-order valence-electron chi connectivity index (χ3n) is 4.98. The van der Waals surface area contributed by atoms with Crippen molar-refractivity contribution in [2.24, 2.45) is 17.3 Å². The summed E-state index contributed by atoms with van der Waals surface area (Å²) in [6, 6.07) is 0.323. The van der Waals surface area contributed by atoms with Crippen LogP contribution >= 0.6 is 0 Å². The molecule has 1 aliphatic carbocycles. The molecule has 0 aromatic heterocycles. The SMILES string of the molecule is CC1CCNCC1NC(=O)C1CCCCC1(C)C. The third kappa shape index (κ3) is 3.05. The Morgan fingerprint density at radius 1 is 1.28 bits per heavy atom. The van der Waals surface area contributed by atoms with Gasteiger partial charge in [-0.1, -0.05) is 33.6 Å². The molecule has 0 aromatic carbocycles. The van der Waals surface area contributed by atoms with Crippen molar-refractivity contribution in [1.82, 2.24) is 10.6 Å². The molecule has 0 radical (unpaired) electrons. The number of nitrogens with one attached hydrogen (secondary N) is 2. The first-order chi connectivity index (χ1) is 8.50. The van der Waals surface area contributed by atoms with Crippen molar-refractivity contribution < 1.29 is 4.79 Å². The maximum atomic E-state index is 12.5. The van der Waals surface area contributed by atoms with Gasteiger partial charge in [0.05, 0.1) is 0 Å². The number of hydrogen-bond acceptors (Lipinski definition) is 2. The molecule has 2 fully saturated rings. The number of piperidine rings is 1. The minimum atomic E-state index is 0.174. The van der Waals surface area contributed by atoms with E-state index in [2.05, 4.69) is 31.4 Å². The lowest BCUT2D eigenvalue weighted by Crippen LogP contribution is -2.53. The minimum absolute atomic E-state index is 0.174. The van der Waals surface area contributed by atoms with Crippen LogP contribution in [0.3, 0.4) is 0 Å². The molecular weight excluding hydrogens is 224 g/mol. The number of rotatable bonds is 2. The molecular formula is C15H28N2O. The third-order valence-corrected chi connectivity index (χ3v) is 4.98. The molecule has 3 atom stereocenters. The van der Waals surface area contributed by atoms with Crippen molar-refractivity contribution in [3.05, 3.63) is 0 Å². The van der Waals surface area contributed by atoms with E-state index in [1.165, 1.54) is 25.7 Å². The van der Waals surface area contributed by atoms with Crippen molar-refractivity contribution in [2.75, 3.05) is 13.1 Å². The fourth-order valence-corrected chi connectivity index (χ4v) is 3.45. The number of amides is 1. The van der Waals surface area contributed by atoms with Crippen molar-refractivity contribution >= 4 is 5.91 Å². The van der Waals surface area contributed by atoms with E-state index < -0.39 is 0 Å². The van der Waals surface area contributed by atoms with Gasteiger partial charge in [0, 0.05) is 18.5 Å². The summed E-state index contributed by atoms with van der Waals surface area (Å²) in [6.45, 7) is 8.76. The number of carbonyl (C=O) groups is 1. The van der Waals surface area contributed by atoms with Crippen LogP contribution in [0.1, 0.15) is 52.9 Å². The van der Waals surface area contributed by atoms with Crippen LogP contribution in [0.2, 0.25) is 0 Å². The molecule has 1 amide bonds. The molecule has 1 saturated heterocycles. The molecule has 1 aliphatic heterocycles. The summed E-state index contributed by atoms with van der Waals surface area (Å²) in [6.07, 6.45) is 5.90. The van der Waals surface area contributed by atoms with E-state index in [4.69, 9.17) is 0 Å². The molecule has 104 valence electrons. The first kappa shape index (κ1) is 13.9. The van der Waals surface area contributed by atoms with Gasteiger partial charge in [-0.05, 0) is 37.1 Å². The van der Waals surface area contributed by atoms with Crippen LogP contribution in [0.15, 0.2) is 0 Å². The molecule has 0 spiro atoms. The normalized spacial score (nSPS) is 36.1. The van der Waals surface area contributed by atoms with Crippen LogP contribution in [0.25, 0.3) is 0 Å². The second kappa shape index (κ2) is 5.60. The Bertz CT molecular complexity index is 301. The zero-order chi connectivity index (χ0) is 13.2. The number of hydrogen-bond donors (Lipinski definition) is 2. The van der Waals surface area contributed by atoms with Gasteiger partial charge in [-0.25, -0.2) is 0 Å². The fraction of sp³-hybridized carbons (Fsp3) is 0.933. The molecule has 3 heteroatoms. The maximum Gasteiger partial charge on any atom is 0.223 e. The van der Waals surface area contributed by atoms with E-state index in [0.29, 0.717) is 17.9 Å². The van der Waals surface area contributed by atoms with Gasteiger partial charge in [-0.3, -0.25) is 4.79 Å². The molecule has 2 rings (SSSR count). The molecule has 2 aliphatic rings. The smallest absolute Gasteiger partial charge is 0.223 e. The van der Waals surface area contributed by atoms with Gasteiger partial charge < -0.3 is 10.6 Å². The van der Waals surface area contributed by atoms with Gasteiger partial charge in [0.1, 0.15) is 0 Å². The second-order valence-corrected chi connectivity index (χ2v) is 6.87. The lowest BCUT2D eigenvalue weighted by Gasteiger charge is -2.39. The molecule has 2 N–H and O–H groups in total. The average Bonchev–Trinajstić information content (AvgIpc) is 2.31. The summed E-state index contributed by atoms with van der Waals surface area (Å²) in [4.78, 5) is 12.5. The Balaban J connectivity index is 1.94. The zero-order valence-corrected chi connectivity index (χ0v) is 12.1. The molecule has 18 heavy (non-hydrogen) atoms. The summed E-state index contributed by atoms with van der Waals surface area (Å²) in [5.41, 5.74) is 0.174. The van der Waals surface area contributed by atoms with Gasteiger partial charge in [0.25, 0.3) is 0 Å². The summed E-state index contributed by atoms with van der Waals surface area (Å²) in [5, 5.41) is 6.67. The van der Waals surface area contributed by atoms with Crippen molar-refractivity contribution in [1.29, 1.82) is 0 Å². The lowest BCUT2D eigenvalue weighted by atomic mass is 9.68. The molecule has 1 saturated carbocycles. The van der Waals surface area contributed by atoms with Crippen LogP contribution in [0.4, 0.5) is 0 Å². The van der Waals surface area contributed by atoms with Crippen LogP contribution in [0.5, 0.6) is 0 Å². The molecule has 3 unspecified atom stereocenters.